The summed E-state index contributed by atoms with van der Waals surface area (Å²) >= 11 is 0. The van der Waals surface area contributed by atoms with E-state index in [0.29, 0.717) is 6.54 Å². The molecule has 1 atom stereocenters. The molecule has 0 aliphatic carbocycles. The van der Waals surface area contributed by atoms with E-state index in [2.05, 4.69) is 5.32 Å². The summed E-state index contributed by atoms with van der Waals surface area (Å²) in [5, 5.41) is 2.78. The SMILES string of the molecule is CCCNC(=O)[C@@H](C)N(Cc1ccccc1)C(=O)CN(c1ccccc1F)S(=O)(=O)c1ccccc1. The van der Waals surface area contributed by atoms with E-state index in [-0.39, 0.29) is 23.0 Å². The predicted octanol–water partition coefficient (Wildman–Crippen LogP) is 3.96. The molecule has 0 fully saturated rings. The molecule has 1 N–H and O–H groups in total. The number of anilines is 1. The Bertz CT molecular complexity index is 1270. The van der Waals surface area contributed by atoms with Crippen LogP contribution in [0.4, 0.5) is 10.1 Å². The first kappa shape index (κ1) is 26.9. The van der Waals surface area contributed by atoms with Crippen molar-refractivity contribution in [1.82, 2.24) is 10.2 Å². The van der Waals surface area contributed by atoms with E-state index in [1.54, 1.807) is 25.1 Å². The summed E-state index contributed by atoms with van der Waals surface area (Å²) in [4.78, 5) is 27.7. The Balaban J connectivity index is 2.00. The first-order chi connectivity index (χ1) is 17.3. The number of sulfonamides is 1. The van der Waals surface area contributed by atoms with Gasteiger partial charge in [-0.05, 0) is 43.2 Å². The van der Waals surface area contributed by atoms with Crippen LogP contribution in [0.15, 0.2) is 89.8 Å². The van der Waals surface area contributed by atoms with Gasteiger partial charge >= 0.3 is 0 Å². The second-order valence-electron chi connectivity index (χ2n) is 8.25. The maximum atomic E-state index is 14.8. The van der Waals surface area contributed by atoms with Crippen LogP contribution >= 0.6 is 0 Å². The number of carbonyl (C=O) groups excluding carboxylic acids is 2. The fourth-order valence-electron chi connectivity index (χ4n) is 3.65. The summed E-state index contributed by atoms with van der Waals surface area (Å²) in [5.74, 6) is -1.78. The standard InChI is InChI=1S/C27H30FN3O4S/c1-3-18-29-27(33)21(2)30(19-22-12-6-4-7-13-22)26(32)20-31(25-17-11-10-16-24(25)28)36(34,35)23-14-8-5-9-15-23/h4-17,21H,3,18-20H2,1-2H3,(H,29,33)/t21-/m1/s1. The van der Waals surface area contributed by atoms with E-state index < -0.39 is 34.3 Å². The van der Waals surface area contributed by atoms with Crippen molar-refractivity contribution in [3.8, 4) is 0 Å². The van der Waals surface area contributed by atoms with Gasteiger partial charge in [0.1, 0.15) is 18.4 Å². The highest BCUT2D eigenvalue weighted by Crippen LogP contribution is 2.26. The van der Waals surface area contributed by atoms with Gasteiger partial charge in [-0.15, -0.1) is 0 Å². The summed E-state index contributed by atoms with van der Waals surface area (Å²) in [6.45, 7) is 3.34. The third-order valence-electron chi connectivity index (χ3n) is 5.64. The molecule has 3 rings (SSSR count). The van der Waals surface area contributed by atoms with Crippen LogP contribution in [0.5, 0.6) is 0 Å². The van der Waals surface area contributed by atoms with Crippen LogP contribution in [0.1, 0.15) is 25.8 Å². The Kier molecular flexibility index (Phi) is 9.19. The number of rotatable bonds is 11. The molecule has 3 aromatic rings. The highest BCUT2D eigenvalue weighted by molar-refractivity contribution is 7.92. The van der Waals surface area contributed by atoms with Crippen molar-refractivity contribution in [3.05, 3.63) is 96.3 Å². The van der Waals surface area contributed by atoms with Crippen molar-refractivity contribution in [1.29, 1.82) is 0 Å². The summed E-state index contributed by atoms with van der Waals surface area (Å²) in [5.41, 5.74) is 0.516. The van der Waals surface area contributed by atoms with Crippen LogP contribution in [-0.2, 0) is 26.2 Å². The molecular weight excluding hydrogens is 481 g/mol. The normalized spacial score (nSPS) is 12.0. The Morgan fingerprint density at radius 2 is 1.50 bits per heavy atom. The summed E-state index contributed by atoms with van der Waals surface area (Å²) in [6, 6.07) is 21.1. The highest BCUT2D eigenvalue weighted by Gasteiger charge is 2.33. The van der Waals surface area contributed by atoms with Gasteiger partial charge in [-0.3, -0.25) is 13.9 Å². The Hall–Kier alpha value is -3.72. The second kappa shape index (κ2) is 12.3. The summed E-state index contributed by atoms with van der Waals surface area (Å²) < 4.78 is 42.7. The smallest absolute Gasteiger partial charge is 0.264 e. The van der Waals surface area contributed by atoms with Crippen LogP contribution in [0, 0.1) is 5.82 Å². The van der Waals surface area contributed by atoms with Crippen LogP contribution < -0.4 is 9.62 Å². The van der Waals surface area contributed by atoms with Crippen molar-refractivity contribution in [3.63, 3.8) is 0 Å². The zero-order chi connectivity index (χ0) is 26.1. The molecular formula is C27H30FN3O4S. The fourth-order valence-corrected chi connectivity index (χ4v) is 5.09. The molecule has 0 aliphatic heterocycles. The van der Waals surface area contributed by atoms with Crippen molar-refractivity contribution in [2.45, 2.75) is 37.8 Å². The third-order valence-corrected chi connectivity index (χ3v) is 7.42. The molecule has 0 unspecified atom stereocenters. The Morgan fingerprint density at radius 1 is 0.917 bits per heavy atom. The lowest BCUT2D eigenvalue weighted by Gasteiger charge is -2.32. The van der Waals surface area contributed by atoms with E-state index >= 15 is 0 Å². The Morgan fingerprint density at radius 3 is 2.11 bits per heavy atom. The molecule has 190 valence electrons. The number of amides is 2. The first-order valence-corrected chi connectivity index (χ1v) is 13.1. The molecule has 2 amide bonds. The van der Waals surface area contributed by atoms with Crippen LogP contribution in [-0.4, -0.2) is 44.3 Å². The van der Waals surface area contributed by atoms with Crippen molar-refractivity contribution in [2.75, 3.05) is 17.4 Å². The molecule has 7 nitrogen and oxygen atoms in total. The zero-order valence-electron chi connectivity index (χ0n) is 20.3. The van der Waals surface area contributed by atoms with Gasteiger partial charge in [0.15, 0.2) is 0 Å². The number of carbonyl (C=O) groups is 2. The number of nitrogens with zero attached hydrogens (tertiary/aromatic N) is 2. The van der Waals surface area contributed by atoms with Gasteiger partial charge in [0.05, 0.1) is 10.6 Å². The minimum Gasteiger partial charge on any atom is -0.354 e. The van der Waals surface area contributed by atoms with Crippen molar-refractivity contribution < 1.29 is 22.4 Å². The zero-order valence-corrected chi connectivity index (χ0v) is 21.1. The summed E-state index contributed by atoms with van der Waals surface area (Å²) in [7, 11) is -4.29. The molecule has 0 aliphatic rings. The predicted molar refractivity (Wildman–Crippen MR) is 137 cm³/mol. The van der Waals surface area contributed by atoms with Crippen LogP contribution in [0.2, 0.25) is 0 Å². The largest absolute Gasteiger partial charge is 0.354 e. The first-order valence-electron chi connectivity index (χ1n) is 11.7. The highest BCUT2D eigenvalue weighted by atomic mass is 32.2. The van der Waals surface area contributed by atoms with Gasteiger partial charge in [0, 0.05) is 13.1 Å². The van der Waals surface area contributed by atoms with Crippen molar-refractivity contribution in [2.24, 2.45) is 0 Å². The number of para-hydroxylation sites is 1. The van der Waals surface area contributed by atoms with Gasteiger partial charge in [0.25, 0.3) is 10.0 Å². The topological polar surface area (TPSA) is 86.8 Å². The second-order valence-corrected chi connectivity index (χ2v) is 10.1. The number of halogens is 1. The number of nitrogens with one attached hydrogen (secondary N) is 1. The molecule has 0 aromatic heterocycles. The lowest BCUT2D eigenvalue weighted by molar-refractivity contribution is -0.139. The molecule has 9 heteroatoms. The third kappa shape index (κ3) is 6.48. The van der Waals surface area contributed by atoms with Gasteiger partial charge < -0.3 is 10.2 Å². The average Bonchev–Trinajstić information content (AvgIpc) is 2.90. The van der Waals surface area contributed by atoms with Crippen molar-refractivity contribution >= 4 is 27.5 Å². The van der Waals surface area contributed by atoms with Gasteiger partial charge in [-0.1, -0.05) is 67.6 Å². The molecule has 36 heavy (non-hydrogen) atoms. The van der Waals surface area contributed by atoms with Gasteiger partial charge in [-0.25, -0.2) is 12.8 Å². The quantitative estimate of drug-likeness (QED) is 0.422. The van der Waals surface area contributed by atoms with E-state index in [9.17, 15) is 22.4 Å². The minimum atomic E-state index is -4.29. The van der Waals surface area contributed by atoms with E-state index in [1.165, 1.54) is 35.2 Å². The molecule has 3 aromatic carbocycles. The molecule has 0 radical (unpaired) electrons. The number of benzene rings is 3. The number of hydrogen-bond donors (Lipinski definition) is 1. The maximum absolute atomic E-state index is 14.8. The molecule has 0 spiro atoms. The van der Waals surface area contributed by atoms with E-state index in [1.807, 2.05) is 37.3 Å². The van der Waals surface area contributed by atoms with Gasteiger partial charge in [-0.2, -0.15) is 0 Å². The van der Waals surface area contributed by atoms with E-state index in [0.717, 1.165) is 22.4 Å². The maximum Gasteiger partial charge on any atom is 0.264 e. The average molecular weight is 512 g/mol. The molecule has 0 saturated carbocycles. The van der Waals surface area contributed by atoms with Gasteiger partial charge in [0.2, 0.25) is 11.8 Å². The molecule has 0 bridgehead atoms. The monoisotopic (exact) mass is 511 g/mol. The van der Waals surface area contributed by atoms with Crippen LogP contribution in [0.25, 0.3) is 0 Å². The fraction of sp³-hybridized carbons (Fsp3) is 0.259. The van der Waals surface area contributed by atoms with Crippen LogP contribution in [0.3, 0.4) is 0 Å². The molecule has 0 heterocycles. The lowest BCUT2D eigenvalue weighted by atomic mass is 10.1. The molecule has 0 saturated heterocycles. The Labute approximate surface area is 211 Å². The number of hydrogen-bond acceptors (Lipinski definition) is 4. The van der Waals surface area contributed by atoms with E-state index in [4.69, 9.17) is 0 Å². The lowest BCUT2D eigenvalue weighted by Crippen LogP contribution is -2.51. The summed E-state index contributed by atoms with van der Waals surface area (Å²) in [6.07, 6.45) is 0.724. The minimum absolute atomic E-state index is 0.0793.